The summed E-state index contributed by atoms with van der Waals surface area (Å²) < 4.78 is 0. The lowest BCUT2D eigenvalue weighted by Gasteiger charge is -2.03. The molecule has 0 radical (unpaired) electrons. The molecule has 2 aliphatic rings. The summed E-state index contributed by atoms with van der Waals surface area (Å²) >= 11 is 0. The van der Waals surface area contributed by atoms with E-state index in [2.05, 4.69) is 0 Å². The van der Waals surface area contributed by atoms with Crippen LogP contribution in [0.1, 0.15) is 12.8 Å². The zero-order valence-corrected chi connectivity index (χ0v) is 5.33. The van der Waals surface area contributed by atoms with E-state index in [1.807, 2.05) is 0 Å². The van der Waals surface area contributed by atoms with Crippen LogP contribution < -0.4 is 0 Å². The molecule has 0 aromatic carbocycles. The minimum Gasteiger partial charge on any atom is -0.396 e. The molecule has 0 heterocycles. The molecule has 0 spiro atoms. The Balaban J connectivity index is 1.91. The second-order valence-electron chi connectivity index (χ2n) is 3.30. The highest BCUT2D eigenvalue weighted by Gasteiger charge is 2.54. The smallest absolute Gasteiger partial charge is 0.0546 e. The first-order valence-electron chi connectivity index (χ1n) is 3.62. The fourth-order valence-electron chi connectivity index (χ4n) is 2.22. The summed E-state index contributed by atoms with van der Waals surface area (Å²) in [7, 11) is 0. The van der Waals surface area contributed by atoms with E-state index in [-0.39, 0.29) is 6.10 Å². The summed E-state index contributed by atoms with van der Waals surface area (Å²) in [6, 6.07) is 0. The van der Waals surface area contributed by atoms with Crippen molar-refractivity contribution in [2.24, 2.45) is 17.8 Å². The van der Waals surface area contributed by atoms with Gasteiger partial charge in [-0.3, -0.25) is 0 Å². The first kappa shape index (κ1) is 5.69. The van der Waals surface area contributed by atoms with Gasteiger partial charge < -0.3 is 10.2 Å². The number of aliphatic hydroxyl groups excluding tert-OH is 2. The maximum absolute atomic E-state index is 9.06. The Kier molecular flexibility index (Phi) is 1.08. The molecule has 2 fully saturated rings. The molecule has 0 aromatic heterocycles. The van der Waals surface area contributed by atoms with Crippen molar-refractivity contribution in [2.75, 3.05) is 6.61 Å². The van der Waals surface area contributed by atoms with Gasteiger partial charge in [0.05, 0.1) is 6.10 Å². The molecule has 52 valence electrons. The van der Waals surface area contributed by atoms with Crippen LogP contribution in [0, 0.1) is 17.8 Å². The summed E-state index contributed by atoms with van der Waals surface area (Å²) in [5.74, 6) is 1.89. The van der Waals surface area contributed by atoms with E-state index < -0.39 is 0 Å². The van der Waals surface area contributed by atoms with Gasteiger partial charge in [-0.15, -0.1) is 0 Å². The third kappa shape index (κ3) is 0.700. The third-order valence-corrected chi connectivity index (χ3v) is 2.81. The maximum atomic E-state index is 9.06. The van der Waals surface area contributed by atoms with Crippen LogP contribution in [0.3, 0.4) is 0 Å². The lowest BCUT2D eigenvalue weighted by molar-refractivity contribution is 0.149. The van der Waals surface area contributed by atoms with Crippen molar-refractivity contribution in [1.29, 1.82) is 0 Å². The summed E-state index contributed by atoms with van der Waals surface area (Å²) in [4.78, 5) is 0. The normalized spacial score (nSPS) is 55.3. The van der Waals surface area contributed by atoms with Gasteiger partial charge in [-0.05, 0) is 30.6 Å². The summed E-state index contributed by atoms with van der Waals surface area (Å²) in [5, 5.41) is 17.8. The Morgan fingerprint density at radius 2 is 1.78 bits per heavy atom. The Morgan fingerprint density at radius 3 is 2.22 bits per heavy atom. The minimum atomic E-state index is -0.0530. The molecule has 9 heavy (non-hydrogen) atoms. The van der Waals surface area contributed by atoms with Crippen molar-refractivity contribution in [1.82, 2.24) is 0 Å². The van der Waals surface area contributed by atoms with Gasteiger partial charge >= 0.3 is 0 Å². The molecule has 2 saturated carbocycles. The summed E-state index contributed by atoms with van der Waals surface area (Å²) in [6.07, 6.45) is 1.83. The average molecular weight is 128 g/mol. The highest BCUT2D eigenvalue weighted by atomic mass is 16.3. The van der Waals surface area contributed by atoms with Crippen LogP contribution in [0.4, 0.5) is 0 Å². The fraction of sp³-hybridized carbons (Fsp3) is 1.00. The lowest BCUT2D eigenvalue weighted by Crippen LogP contribution is -2.06. The van der Waals surface area contributed by atoms with Crippen LogP contribution in [0.2, 0.25) is 0 Å². The standard InChI is InChI=1S/C7H12O2/c8-3-7-5-1-4(9)2-6(5)7/h4-9H,1-3H2. The predicted molar refractivity (Wildman–Crippen MR) is 32.8 cm³/mol. The quantitative estimate of drug-likeness (QED) is 0.521. The highest BCUT2D eigenvalue weighted by molar-refractivity contribution is 5.03. The van der Waals surface area contributed by atoms with Crippen LogP contribution in [0.25, 0.3) is 0 Å². The Hall–Kier alpha value is -0.0800. The van der Waals surface area contributed by atoms with E-state index >= 15 is 0 Å². The van der Waals surface area contributed by atoms with Crippen LogP contribution >= 0.6 is 0 Å². The zero-order valence-electron chi connectivity index (χ0n) is 5.33. The highest BCUT2D eigenvalue weighted by Crippen LogP contribution is 2.56. The van der Waals surface area contributed by atoms with Crippen molar-refractivity contribution in [2.45, 2.75) is 18.9 Å². The maximum Gasteiger partial charge on any atom is 0.0546 e. The van der Waals surface area contributed by atoms with Gasteiger partial charge in [0.25, 0.3) is 0 Å². The fourth-order valence-corrected chi connectivity index (χ4v) is 2.22. The van der Waals surface area contributed by atoms with Crippen molar-refractivity contribution in [3.8, 4) is 0 Å². The third-order valence-electron chi connectivity index (χ3n) is 2.81. The van der Waals surface area contributed by atoms with Crippen molar-refractivity contribution >= 4 is 0 Å². The average Bonchev–Trinajstić information content (AvgIpc) is 2.30. The molecule has 0 saturated heterocycles. The Morgan fingerprint density at radius 1 is 1.22 bits per heavy atom. The second kappa shape index (κ2) is 1.70. The molecule has 2 atom stereocenters. The Labute approximate surface area is 54.5 Å². The van der Waals surface area contributed by atoms with Crippen LogP contribution in [-0.2, 0) is 0 Å². The van der Waals surface area contributed by atoms with Gasteiger partial charge in [-0.2, -0.15) is 0 Å². The van der Waals surface area contributed by atoms with Crippen LogP contribution in [-0.4, -0.2) is 22.9 Å². The monoisotopic (exact) mass is 128 g/mol. The summed E-state index contributed by atoms with van der Waals surface area (Å²) in [6.45, 7) is 0.335. The summed E-state index contributed by atoms with van der Waals surface area (Å²) in [5.41, 5.74) is 0. The van der Waals surface area contributed by atoms with Gasteiger partial charge in [0.1, 0.15) is 0 Å². The molecule has 2 N–H and O–H groups in total. The molecule has 2 nitrogen and oxygen atoms in total. The van der Waals surface area contributed by atoms with Gasteiger partial charge in [0.2, 0.25) is 0 Å². The van der Waals surface area contributed by atoms with Crippen molar-refractivity contribution in [3.05, 3.63) is 0 Å². The van der Waals surface area contributed by atoms with E-state index in [4.69, 9.17) is 10.2 Å². The Bertz CT molecular complexity index is 112. The number of hydrogen-bond donors (Lipinski definition) is 2. The molecule has 0 aromatic rings. The number of fused-ring (bicyclic) bond motifs is 1. The lowest BCUT2D eigenvalue weighted by atomic mass is 10.1. The molecule has 2 unspecified atom stereocenters. The zero-order chi connectivity index (χ0) is 6.43. The number of aliphatic hydroxyl groups is 2. The number of hydrogen-bond acceptors (Lipinski definition) is 2. The molecular weight excluding hydrogens is 116 g/mol. The topological polar surface area (TPSA) is 40.5 Å². The van der Waals surface area contributed by atoms with Crippen LogP contribution in [0.5, 0.6) is 0 Å². The first-order valence-corrected chi connectivity index (χ1v) is 3.62. The SMILES string of the molecule is OCC1C2CC(O)CC12. The minimum absolute atomic E-state index is 0.0530. The van der Waals surface area contributed by atoms with E-state index in [9.17, 15) is 0 Å². The van der Waals surface area contributed by atoms with Crippen molar-refractivity contribution in [3.63, 3.8) is 0 Å². The molecule has 0 bridgehead atoms. The predicted octanol–water partition coefficient (Wildman–Crippen LogP) is -0.00440. The van der Waals surface area contributed by atoms with E-state index in [1.165, 1.54) is 0 Å². The second-order valence-corrected chi connectivity index (χ2v) is 3.30. The van der Waals surface area contributed by atoms with Gasteiger partial charge in [0.15, 0.2) is 0 Å². The van der Waals surface area contributed by atoms with Gasteiger partial charge in [-0.25, -0.2) is 0 Å². The molecule has 0 aliphatic heterocycles. The van der Waals surface area contributed by atoms with Crippen molar-refractivity contribution < 1.29 is 10.2 Å². The van der Waals surface area contributed by atoms with E-state index in [0.29, 0.717) is 24.4 Å². The molecule has 2 heteroatoms. The largest absolute Gasteiger partial charge is 0.396 e. The molecule has 2 rings (SSSR count). The number of rotatable bonds is 1. The molecule has 0 amide bonds. The van der Waals surface area contributed by atoms with Gasteiger partial charge in [-0.1, -0.05) is 0 Å². The molecular formula is C7H12O2. The van der Waals surface area contributed by atoms with Crippen LogP contribution in [0.15, 0.2) is 0 Å². The molecule has 2 aliphatic carbocycles. The van der Waals surface area contributed by atoms with E-state index in [0.717, 1.165) is 12.8 Å². The van der Waals surface area contributed by atoms with Gasteiger partial charge in [0, 0.05) is 6.61 Å². The first-order chi connectivity index (χ1) is 4.33. The van der Waals surface area contributed by atoms with E-state index in [1.54, 1.807) is 0 Å².